The Morgan fingerprint density at radius 2 is 2.04 bits per heavy atom. The number of nitrogens with one attached hydrogen (secondary N) is 2. The van der Waals surface area contributed by atoms with Crippen molar-refractivity contribution in [2.45, 2.75) is 26.3 Å². The molecule has 1 heterocycles. The summed E-state index contributed by atoms with van der Waals surface area (Å²) < 4.78 is 13.6. The maximum atomic E-state index is 13.6. The number of hydrogen-bond donors (Lipinski definition) is 2. The van der Waals surface area contributed by atoms with Crippen LogP contribution in [0.4, 0.5) is 10.1 Å². The highest BCUT2D eigenvalue weighted by atomic mass is 35.5. The summed E-state index contributed by atoms with van der Waals surface area (Å²) in [6.07, 6.45) is 0.940. The molecule has 5 heteroatoms. The lowest BCUT2D eigenvalue weighted by Gasteiger charge is -2.15. The maximum Gasteiger partial charge on any atom is 0.251 e. The smallest absolute Gasteiger partial charge is 0.251 e. The van der Waals surface area contributed by atoms with E-state index in [1.165, 1.54) is 11.6 Å². The normalized spacial score (nSPS) is 13.5. The number of amides is 1. The summed E-state index contributed by atoms with van der Waals surface area (Å²) in [6.45, 7) is 4.50. The van der Waals surface area contributed by atoms with Gasteiger partial charge in [0.2, 0.25) is 0 Å². The fourth-order valence-corrected chi connectivity index (χ4v) is 2.69. The van der Waals surface area contributed by atoms with Crippen LogP contribution in [-0.2, 0) is 6.42 Å². The van der Waals surface area contributed by atoms with Gasteiger partial charge in [0.05, 0.1) is 6.04 Å². The summed E-state index contributed by atoms with van der Waals surface area (Å²) in [5, 5.41) is 6.20. The van der Waals surface area contributed by atoms with Crippen molar-refractivity contribution in [3.63, 3.8) is 0 Å². The number of rotatable bonds is 3. The molecule has 3 nitrogen and oxygen atoms in total. The molecule has 122 valence electrons. The summed E-state index contributed by atoms with van der Waals surface area (Å²) in [7, 11) is 0. The molecular weight excluding hydrogens is 315 g/mol. The van der Waals surface area contributed by atoms with Gasteiger partial charge in [-0.2, -0.15) is 0 Å². The Morgan fingerprint density at radius 1 is 1.26 bits per heavy atom. The average molecular weight is 335 g/mol. The van der Waals surface area contributed by atoms with E-state index < -0.39 is 0 Å². The van der Waals surface area contributed by atoms with Gasteiger partial charge in [-0.3, -0.25) is 4.79 Å². The second-order valence-corrected chi connectivity index (χ2v) is 5.75. The van der Waals surface area contributed by atoms with Crippen LogP contribution in [-0.4, -0.2) is 12.5 Å². The Morgan fingerprint density at radius 3 is 2.78 bits per heavy atom. The van der Waals surface area contributed by atoms with Crippen LogP contribution in [0.5, 0.6) is 0 Å². The van der Waals surface area contributed by atoms with Gasteiger partial charge in [-0.25, -0.2) is 4.39 Å². The molecule has 2 N–H and O–H groups in total. The van der Waals surface area contributed by atoms with Gasteiger partial charge < -0.3 is 10.6 Å². The summed E-state index contributed by atoms with van der Waals surface area (Å²) in [5.41, 5.74) is 4.28. The Bertz CT molecular complexity index is 733. The highest BCUT2D eigenvalue weighted by Crippen LogP contribution is 2.23. The van der Waals surface area contributed by atoms with Gasteiger partial charge in [-0.1, -0.05) is 12.1 Å². The second kappa shape index (κ2) is 7.01. The molecule has 0 aliphatic carbocycles. The topological polar surface area (TPSA) is 41.1 Å². The maximum absolute atomic E-state index is 13.6. The first-order valence-electron chi connectivity index (χ1n) is 7.48. The highest BCUT2D eigenvalue weighted by Gasteiger charge is 2.16. The number of halogens is 2. The first kappa shape index (κ1) is 17.3. The Balaban J connectivity index is 0.00000192. The van der Waals surface area contributed by atoms with Crippen molar-refractivity contribution in [2.24, 2.45) is 0 Å². The van der Waals surface area contributed by atoms with Crippen LogP contribution >= 0.6 is 12.4 Å². The Hall–Kier alpha value is -2.07. The number of hydrogen-bond acceptors (Lipinski definition) is 2. The summed E-state index contributed by atoms with van der Waals surface area (Å²) >= 11 is 0. The van der Waals surface area contributed by atoms with Crippen LogP contribution in [0.1, 0.15) is 40.0 Å². The van der Waals surface area contributed by atoms with E-state index in [1.807, 2.05) is 31.2 Å². The van der Waals surface area contributed by atoms with Crippen molar-refractivity contribution < 1.29 is 9.18 Å². The molecule has 2 aromatic carbocycles. The molecule has 1 unspecified atom stereocenters. The van der Waals surface area contributed by atoms with Crippen LogP contribution in [0, 0.1) is 12.7 Å². The SMILES string of the molecule is Cc1ccc(C(C)NC(=O)c2ccc3c(c2)CCN3)cc1F.Cl. The largest absolute Gasteiger partial charge is 0.384 e. The number of benzene rings is 2. The summed E-state index contributed by atoms with van der Waals surface area (Å²) in [6, 6.07) is 10.5. The van der Waals surface area contributed by atoms with E-state index in [0.29, 0.717) is 11.1 Å². The Labute approximate surface area is 141 Å². The van der Waals surface area contributed by atoms with Crippen molar-refractivity contribution >= 4 is 24.0 Å². The molecule has 3 rings (SSSR count). The molecule has 0 spiro atoms. The third-order valence-electron chi connectivity index (χ3n) is 4.12. The predicted octanol–water partition coefficient (Wildman–Crippen LogP) is 4.01. The van der Waals surface area contributed by atoms with Crippen molar-refractivity contribution in [2.75, 3.05) is 11.9 Å². The molecule has 0 radical (unpaired) electrons. The van der Waals surface area contributed by atoms with Crippen LogP contribution in [0.2, 0.25) is 0 Å². The highest BCUT2D eigenvalue weighted by molar-refractivity contribution is 5.95. The minimum Gasteiger partial charge on any atom is -0.384 e. The van der Waals surface area contributed by atoms with Crippen molar-refractivity contribution in [1.29, 1.82) is 0 Å². The van der Waals surface area contributed by atoms with Crippen molar-refractivity contribution in [1.82, 2.24) is 5.32 Å². The third kappa shape index (κ3) is 3.64. The lowest BCUT2D eigenvalue weighted by molar-refractivity contribution is 0.0939. The van der Waals surface area contributed by atoms with Crippen LogP contribution in [0.3, 0.4) is 0 Å². The zero-order valence-electron chi connectivity index (χ0n) is 13.2. The second-order valence-electron chi connectivity index (χ2n) is 5.75. The van der Waals surface area contributed by atoms with E-state index in [2.05, 4.69) is 10.6 Å². The first-order chi connectivity index (χ1) is 10.5. The fraction of sp³-hybridized carbons (Fsp3) is 0.278. The van der Waals surface area contributed by atoms with E-state index in [0.717, 1.165) is 24.2 Å². The van der Waals surface area contributed by atoms with E-state index in [9.17, 15) is 9.18 Å². The third-order valence-corrected chi connectivity index (χ3v) is 4.12. The quantitative estimate of drug-likeness (QED) is 0.890. The lowest BCUT2D eigenvalue weighted by Crippen LogP contribution is -2.26. The first-order valence-corrected chi connectivity index (χ1v) is 7.48. The number of aryl methyl sites for hydroxylation is 1. The number of carbonyl (C=O) groups is 1. The summed E-state index contributed by atoms with van der Waals surface area (Å²) in [4.78, 5) is 12.4. The standard InChI is InChI=1S/C18H19FN2O.ClH/c1-11-3-4-13(10-16(11)19)12(2)21-18(22)15-5-6-17-14(9-15)7-8-20-17;/h3-6,9-10,12,20H,7-8H2,1-2H3,(H,21,22);1H. The average Bonchev–Trinajstić information content (AvgIpc) is 2.97. The molecular formula is C18H20ClFN2O. The van der Waals surface area contributed by atoms with Crippen molar-refractivity contribution in [3.8, 4) is 0 Å². The molecule has 2 aromatic rings. The van der Waals surface area contributed by atoms with Gasteiger partial charge in [0, 0.05) is 17.8 Å². The van der Waals surface area contributed by atoms with E-state index in [1.54, 1.807) is 13.0 Å². The van der Waals surface area contributed by atoms with Gasteiger partial charge in [0.15, 0.2) is 0 Å². The minimum atomic E-state index is -0.248. The minimum absolute atomic E-state index is 0. The van der Waals surface area contributed by atoms with Crippen LogP contribution in [0.15, 0.2) is 36.4 Å². The molecule has 1 amide bonds. The lowest BCUT2D eigenvalue weighted by atomic mass is 10.0. The molecule has 0 aromatic heterocycles. The van der Waals surface area contributed by atoms with E-state index in [4.69, 9.17) is 0 Å². The number of fused-ring (bicyclic) bond motifs is 1. The van der Waals surface area contributed by atoms with Gasteiger partial charge in [0.25, 0.3) is 5.91 Å². The molecule has 1 aliphatic heterocycles. The molecule has 23 heavy (non-hydrogen) atoms. The van der Waals surface area contributed by atoms with Crippen LogP contribution in [0.25, 0.3) is 0 Å². The number of carbonyl (C=O) groups excluding carboxylic acids is 1. The van der Waals surface area contributed by atoms with Gasteiger partial charge in [-0.05, 0) is 61.2 Å². The molecule has 1 atom stereocenters. The van der Waals surface area contributed by atoms with E-state index >= 15 is 0 Å². The fourth-order valence-electron chi connectivity index (χ4n) is 2.69. The summed E-state index contributed by atoms with van der Waals surface area (Å²) in [5.74, 6) is -0.384. The molecule has 0 saturated heterocycles. The number of anilines is 1. The zero-order chi connectivity index (χ0) is 15.7. The molecule has 0 saturated carbocycles. The predicted molar refractivity (Wildman–Crippen MR) is 92.9 cm³/mol. The van der Waals surface area contributed by atoms with E-state index in [-0.39, 0.29) is 30.2 Å². The van der Waals surface area contributed by atoms with Gasteiger partial charge >= 0.3 is 0 Å². The van der Waals surface area contributed by atoms with Crippen molar-refractivity contribution in [3.05, 3.63) is 64.5 Å². The van der Waals surface area contributed by atoms with Gasteiger partial charge in [0.1, 0.15) is 5.82 Å². The molecule has 1 aliphatic rings. The molecule has 0 bridgehead atoms. The van der Waals surface area contributed by atoms with Crippen LogP contribution < -0.4 is 10.6 Å². The van der Waals surface area contributed by atoms with Gasteiger partial charge in [-0.15, -0.1) is 12.4 Å². The molecule has 0 fully saturated rings. The zero-order valence-corrected chi connectivity index (χ0v) is 14.0. The Kier molecular flexibility index (Phi) is 5.26. The monoisotopic (exact) mass is 334 g/mol.